The Kier molecular flexibility index (Phi) is 3.99. The monoisotopic (exact) mass is 270 g/mol. The van der Waals surface area contributed by atoms with Gasteiger partial charge in [0.15, 0.2) is 0 Å². The minimum Gasteiger partial charge on any atom is -0.466 e. The van der Waals surface area contributed by atoms with Crippen LogP contribution in [0.15, 0.2) is 21.7 Å². The topological polar surface area (TPSA) is 79.9 Å². The van der Waals surface area contributed by atoms with Crippen molar-refractivity contribution in [2.75, 3.05) is 18.2 Å². The molecule has 0 saturated heterocycles. The number of carbonyl (C=O) groups is 1. The van der Waals surface area contributed by atoms with Gasteiger partial charge in [-0.05, 0) is 11.4 Å². The molecule has 2 heterocycles. The van der Waals surface area contributed by atoms with E-state index in [1.807, 2.05) is 17.5 Å². The van der Waals surface area contributed by atoms with Crippen LogP contribution in [0.3, 0.4) is 0 Å². The minimum absolute atomic E-state index is 0.137. The average molecular weight is 270 g/mol. The van der Waals surface area contributed by atoms with Gasteiger partial charge >= 0.3 is 6.01 Å². The highest BCUT2D eigenvalue weighted by molar-refractivity contribution is 8.01. The highest BCUT2D eigenvalue weighted by Gasteiger charge is 2.08. The van der Waals surface area contributed by atoms with Crippen molar-refractivity contribution in [2.24, 2.45) is 0 Å². The summed E-state index contributed by atoms with van der Waals surface area (Å²) in [4.78, 5) is 15.4. The molecule has 0 fully saturated rings. The van der Waals surface area contributed by atoms with Gasteiger partial charge in [0.05, 0.1) is 17.1 Å². The van der Waals surface area contributed by atoms with Crippen LogP contribution >= 0.6 is 23.1 Å². The molecule has 8 heteroatoms. The van der Waals surface area contributed by atoms with Crippen molar-refractivity contribution in [3.8, 4) is 6.01 Å². The average Bonchev–Trinajstić information content (AvgIpc) is 2.97. The summed E-state index contributed by atoms with van der Waals surface area (Å²) in [5.41, 5.74) is 0. The van der Waals surface area contributed by atoms with Crippen LogP contribution in [0.25, 0.3) is 0 Å². The molecule has 2 N–H and O–H groups in total. The third kappa shape index (κ3) is 3.46. The minimum atomic E-state index is -0.137. The number of anilines is 1. The van der Waals surface area contributed by atoms with Gasteiger partial charge < -0.3 is 4.74 Å². The predicted molar refractivity (Wildman–Crippen MR) is 66.6 cm³/mol. The lowest BCUT2D eigenvalue weighted by Crippen LogP contribution is -2.14. The van der Waals surface area contributed by atoms with Crippen LogP contribution in [0.1, 0.15) is 0 Å². The van der Waals surface area contributed by atoms with E-state index < -0.39 is 0 Å². The van der Waals surface area contributed by atoms with Crippen molar-refractivity contribution >= 4 is 35.0 Å². The molecule has 0 saturated carbocycles. The Labute approximate surface area is 106 Å². The van der Waals surface area contributed by atoms with Crippen molar-refractivity contribution < 1.29 is 9.53 Å². The number of ether oxygens (including phenoxy) is 1. The second-order valence-electron chi connectivity index (χ2n) is 2.94. The van der Waals surface area contributed by atoms with Crippen LogP contribution in [-0.2, 0) is 4.79 Å². The number of thiophene rings is 1. The fraction of sp³-hybridized carbons (Fsp3) is 0.222. The van der Waals surface area contributed by atoms with Crippen LogP contribution < -0.4 is 10.1 Å². The highest BCUT2D eigenvalue weighted by atomic mass is 32.2. The molecule has 2 aromatic heterocycles. The summed E-state index contributed by atoms with van der Waals surface area (Å²) in [6.45, 7) is 0. The Morgan fingerprint density at radius 3 is 3.24 bits per heavy atom. The second-order valence-corrected chi connectivity index (χ2v) is 5.16. The molecule has 0 unspecified atom stereocenters. The Bertz CT molecular complexity index is 483. The van der Waals surface area contributed by atoms with Gasteiger partial charge in [0.2, 0.25) is 11.9 Å². The number of nitrogens with one attached hydrogen (secondary N) is 2. The Balaban J connectivity index is 1.81. The van der Waals surface area contributed by atoms with Crippen molar-refractivity contribution in [1.82, 2.24) is 15.2 Å². The van der Waals surface area contributed by atoms with Gasteiger partial charge in [0.1, 0.15) is 0 Å². The van der Waals surface area contributed by atoms with Crippen molar-refractivity contribution in [2.45, 2.75) is 4.21 Å². The number of methoxy groups -OCH3 is 1. The first-order chi connectivity index (χ1) is 8.28. The van der Waals surface area contributed by atoms with Crippen molar-refractivity contribution in [3.05, 3.63) is 17.5 Å². The number of H-pyrrole nitrogens is 1. The molecule has 0 aliphatic heterocycles. The Morgan fingerprint density at radius 1 is 1.71 bits per heavy atom. The molecule has 0 bridgehead atoms. The quantitative estimate of drug-likeness (QED) is 0.807. The zero-order valence-corrected chi connectivity index (χ0v) is 10.6. The SMILES string of the molecule is COc1n[nH]c(NC(=O)CSc2cccs2)n1. The summed E-state index contributed by atoms with van der Waals surface area (Å²) in [5, 5.41) is 10.8. The molecule has 0 spiro atoms. The van der Waals surface area contributed by atoms with Gasteiger partial charge in [-0.3, -0.25) is 10.1 Å². The maximum absolute atomic E-state index is 11.5. The predicted octanol–water partition coefficient (Wildman–Crippen LogP) is 1.61. The summed E-state index contributed by atoms with van der Waals surface area (Å²) >= 11 is 3.09. The second kappa shape index (κ2) is 5.69. The van der Waals surface area contributed by atoms with E-state index in [0.29, 0.717) is 11.7 Å². The van der Waals surface area contributed by atoms with Crippen molar-refractivity contribution in [3.63, 3.8) is 0 Å². The van der Waals surface area contributed by atoms with Crippen LogP contribution in [0.4, 0.5) is 5.95 Å². The third-order valence-corrected chi connectivity index (χ3v) is 3.88. The van der Waals surface area contributed by atoms with Crippen LogP contribution in [0, 0.1) is 0 Å². The number of hydrogen-bond acceptors (Lipinski definition) is 6. The zero-order valence-electron chi connectivity index (χ0n) is 8.97. The summed E-state index contributed by atoms with van der Waals surface area (Å²) < 4.78 is 5.89. The van der Waals surface area contributed by atoms with E-state index >= 15 is 0 Å². The maximum atomic E-state index is 11.5. The summed E-state index contributed by atoms with van der Waals surface area (Å²) in [5.74, 6) is 0.490. The molecule has 0 aliphatic rings. The zero-order chi connectivity index (χ0) is 12.1. The van der Waals surface area contributed by atoms with E-state index in [1.54, 1.807) is 11.3 Å². The fourth-order valence-corrected chi connectivity index (χ4v) is 2.63. The van der Waals surface area contributed by atoms with E-state index in [-0.39, 0.29) is 11.9 Å². The molecule has 0 aliphatic carbocycles. The lowest BCUT2D eigenvalue weighted by Gasteiger charge is -1.99. The Morgan fingerprint density at radius 2 is 2.59 bits per heavy atom. The van der Waals surface area contributed by atoms with E-state index in [2.05, 4.69) is 20.5 Å². The first-order valence-corrected chi connectivity index (χ1v) is 6.57. The molecule has 0 atom stereocenters. The summed E-state index contributed by atoms with van der Waals surface area (Å²) in [6.07, 6.45) is 0. The molecule has 0 radical (unpaired) electrons. The lowest BCUT2D eigenvalue weighted by molar-refractivity contribution is -0.113. The molecule has 90 valence electrons. The first-order valence-electron chi connectivity index (χ1n) is 4.70. The fourth-order valence-electron chi connectivity index (χ4n) is 1.04. The number of nitrogens with zero attached hydrogens (tertiary/aromatic N) is 2. The first kappa shape index (κ1) is 11.9. The highest BCUT2D eigenvalue weighted by Crippen LogP contribution is 2.23. The van der Waals surface area contributed by atoms with E-state index in [1.165, 1.54) is 18.9 Å². The number of amides is 1. The summed E-state index contributed by atoms with van der Waals surface area (Å²) in [6, 6.07) is 4.12. The normalized spacial score (nSPS) is 10.2. The molecule has 2 aromatic rings. The standard InChI is InChI=1S/C9H10N4O2S2/c1-15-9-11-8(12-13-9)10-6(14)5-17-7-3-2-4-16-7/h2-4H,5H2,1H3,(H2,10,11,12,13,14). The lowest BCUT2D eigenvalue weighted by atomic mass is 10.7. The van der Waals surface area contributed by atoms with Crippen LogP contribution in [0.5, 0.6) is 6.01 Å². The van der Waals surface area contributed by atoms with Gasteiger partial charge in [-0.2, -0.15) is 4.98 Å². The van der Waals surface area contributed by atoms with E-state index in [4.69, 9.17) is 4.74 Å². The van der Waals surface area contributed by atoms with Crippen molar-refractivity contribution in [1.29, 1.82) is 0 Å². The van der Waals surface area contributed by atoms with Gasteiger partial charge in [-0.1, -0.05) is 6.07 Å². The number of rotatable bonds is 5. The van der Waals surface area contributed by atoms with E-state index in [9.17, 15) is 4.79 Å². The molecule has 0 aromatic carbocycles. The van der Waals surface area contributed by atoms with Gasteiger partial charge in [0.25, 0.3) is 0 Å². The van der Waals surface area contributed by atoms with Gasteiger partial charge in [-0.15, -0.1) is 28.2 Å². The maximum Gasteiger partial charge on any atom is 0.336 e. The van der Waals surface area contributed by atoms with Gasteiger partial charge in [0, 0.05) is 0 Å². The van der Waals surface area contributed by atoms with E-state index in [0.717, 1.165) is 4.21 Å². The number of aromatic amines is 1. The molecular weight excluding hydrogens is 260 g/mol. The molecule has 17 heavy (non-hydrogen) atoms. The van der Waals surface area contributed by atoms with Crippen LogP contribution in [-0.4, -0.2) is 34.0 Å². The molecule has 2 rings (SSSR count). The molecule has 1 amide bonds. The molecular formula is C9H10N4O2S2. The smallest absolute Gasteiger partial charge is 0.336 e. The number of aromatic nitrogens is 3. The third-order valence-electron chi connectivity index (χ3n) is 1.75. The largest absolute Gasteiger partial charge is 0.466 e. The summed E-state index contributed by atoms with van der Waals surface area (Å²) in [7, 11) is 1.46. The number of carbonyl (C=O) groups excluding carboxylic acids is 1. The van der Waals surface area contributed by atoms with Crippen LogP contribution in [0.2, 0.25) is 0 Å². The molecule has 6 nitrogen and oxygen atoms in total. The number of thioether (sulfide) groups is 1. The Hall–Kier alpha value is -1.54. The number of hydrogen-bond donors (Lipinski definition) is 2. The van der Waals surface area contributed by atoms with Gasteiger partial charge in [-0.25, -0.2) is 5.10 Å².